The number of para-hydroxylation sites is 3. The average Bonchev–Trinajstić information content (AvgIpc) is 1.61. The molecule has 0 amide bonds. The molecular formula is C120H75N3O2S2. The molecule has 127 heavy (non-hydrogen) atoms. The summed E-state index contributed by atoms with van der Waals surface area (Å²) < 4.78 is 18.0. The summed E-state index contributed by atoms with van der Waals surface area (Å²) in [4.78, 5) is 7.10. The largest absolute Gasteiger partial charge is 0.456 e. The van der Waals surface area contributed by atoms with Gasteiger partial charge in [-0.05, 0) is 257 Å². The Morgan fingerprint density at radius 1 is 0.157 bits per heavy atom. The van der Waals surface area contributed by atoms with Crippen LogP contribution in [0.4, 0.5) is 51.2 Å². The third-order valence-corrected chi connectivity index (χ3v) is 28.1. The van der Waals surface area contributed by atoms with Crippen molar-refractivity contribution >= 4 is 190 Å². The molecule has 0 saturated heterocycles. The molecule has 0 unspecified atom stereocenters. The fourth-order valence-electron chi connectivity index (χ4n) is 19.3. The number of hydrogen-bond donors (Lipinski definition) is 0. The van der Waals surface area contributed by atoms with E-state index in [4.69, 9.17) is 8.83 Å². The molecule has 4 heterocycles. The number of fused-ring (bicyclic) bond motifs is 18. The fourth-order valence-corrected chi connectivity index (χ4v) is 21.7. The van der Waals surface area contributed by atoms with Gasteiger partial charge in [0.2, 0.25) is 0 Å². The van der Waals surface area contributed by atoms with E-state index in [9.17, 15) is 0 Å². The van der Waals surface area contributed by atoms with Crippen molar-refractivity contribution in [2.24, 2.45) is 0 Å². The molecule has 0 aliphatic heterocycles. The number of anilines is 9. The van der Waals surface area contributed by atoms with Crippen LogP contribution in [-0.4, -0.2) is 0 Å². The van der Waals surface area contributed by atoms with E-state index in [1.54, 1.807) is 0 Å². The monoisotopic (exact) mass is 1650 g/mol. The van der Waals surface area contributed by atoms with Gasteiger partial charge in [0, 0.05) is 124 Å². The van der Waals surface area contributed by atoms with Crippen LogP contribution >= 0.6 is 22.7 Å². The first-order valence-corrected chi connectivity index (χ1v) is 44.8. The highest BCUT2D eigenvalue weighted by Crippen LogP contribution is 2.50. The minimum absolute atomic E-state index is 0.868. The summed E-state index contributed by atoms with van der Waals surface area (Å²) in [5, 5.41) is 16.7. The zero-order valence-corrected chi connectivity index (χ0v) is 70.4. The fraction of sp³-hybridized carbons (Fsp3) is 0. The number of rotatable bonds is 16. The van der Waals surface area contributed by atoms with Crippen LogP contribution in [0, 0.1) is 0 Å². The van der Waals surface area contributed by atoms with Gasteiger partial charge in [0.25, 0.3) is 0 Å². The number of benzene rings is 21. The summed E-state index contributed by atoms with van der Waals surface area (Å²) in [5.41, 5.74) is 29.8. The van der Waals surface area contributed by atoms with Crippen LogP contribution < -0.4 is 14.7 Å². The molecule has 0 bridgehead atoms. The SMILES string of the molecule is c1ccc(-c2ccc(-c3ccc(N(c4ccc(-c5ccc(-c6cccc(-c7ccc8c(ccc9c%10cc(N(c%11ccccc%11)c%11ccc(-c%12ccc(-c%13cccc%14c%13ccc%13c%15cc(N(c%16ccccc%16)c%16ccc%17oc%18ccccc%18c%17c%16)ccc%15sc%14%13)cc%12)cc%11)ccc%10sc89)c7)c6)cc5)cc4)c4ccc5oc6c7ccccc7ccc6c5c4)cc3)cc2)cc1. The van der Waals surface area contributed by atoms with E-state index in [-0.39, 0.29) is 0 Å². The third-order valence-electron chi connectivity index (χ3n) is 25.7. The minimum Gasteiger partial charge on any atom is -0.456 e. The predicted octanol–water partition coefficient (Wildman–Crippen LogP) is 35.8. The lowest BCUT2D eigenvalue weighted by Crippen LogP contribution is -2.09. The Hall–Kier alpha value is -16.2. The highest BCUT2D eigenvalue weighted by Gasteiger charge is 2.24. The minimum atomic E-state index is 0.868. The first-order valence-electron chi connectivity index (χ1n) is 43.2. The first-order chi connectivity index (χ1) is 62.9. The van der Waals surface area contributed by atoms with E-state index in [2.05, 4.69) is 458 Å². The summed E-state index contributed by atoms with van der Waals surface area (Å²) in [6, 6.07) is 166. The molecule has 0 aliphatic carbocycles. The second kappa shape index (κ2) is 30.4. The van der Waals surface area contributed by atoms with Gasteiger partial charge in [-0.25, -0.2) is 0 Å². The molecule has 25 aromatic rings. The lowest BCUT2D eigenvalue weighted by Gasteiger charge is -2.26. The van der Waals surface area contributed by atoms with Crippen molar-refractivity contribution in [2.45, 2.75) is 0 Å². The number of nitrogens with zero attached hydrogens (tertiary/aromatic N) is 3. The Kier molecular flexibility index (Phi) is 17.6. The average molecular weight is 1660 g/mol. The van der Waals surface area contributed by atoms with Gasteiger partial charge in [-0.2, -0.15) is 0 Å². The second-order valence-corrected chi connectivity index (χ2v) is 35.1. The van der Waals surface area contributed by atoms with Crippen LogP contribution in [0.3, 0.4) is 0 Å². The second-order valence-electron chi connectivity index (χ2n) is 33.0. The summed E-state index contributed by atoms with van der Waals surface area (Å²) in [7, 11) is 0. The van der Waals surface area contributed by atoms with Gasteiger partial charge in [-0.1, -0.05) is 297 Å². The zero-order chi connectivity index (χ0) is 83.6. The van der Waals surface area contributed by atoms with E-state index in [1.807, 2.05) is 34.8 Å². The van der Waals surface area contributed by atoms with E-state index in [0.29, 0.717) is 0 Å². The predicted molar refractivity (Wildman–Crippen MR) is 541 cm³/mol. The lowest BCUT2D eigenvalue weighted by molar-refractivity contribution is 0.669. The van der Waals surface area contributed by atoms with E-state index in [1.165, 1.54) is 118 Å². The number of thiophene rings is 2. The van der Waals surface area contributed by atoms with Crippen LogP contribution in [0.2, 0.25) is 0 Å². The highest BCUT2D eigenvalue weighted by atomic mass is 32.1. The molecule has 21 aromatic carbocycles. The smallest absolute Gasteiger partial charge is 0.143 e. The van der Waals surface area contributed by atoms with Crippen molar-refractivity contribution in [1.29, 1.82) is 0 Å². The summed E-state index contributed by atoms with van der Waals surface area (Å²) in [5.74, 6) is 0. The molecule has 0 radical (unpaired) electrons. The zero-order valence-electron chi connectivity index (χ0n) is 68.8. The lowest BCUT2D eigenvalue weighted by atomic mass is 9.95. The van der Waals surface area contributed by atoms with Crippen molar-refractivity contribution < 1.29 is 8.83 Å². The van der Waals surface area contributed by atoms with Crippen molar-refractivity contribution in [2.75, 3.05) is 14.7 Å². The van der Waals surface area contributed by atoms with Crippen LogP contribution in [-0.2, 0) is 0 Å². The van der Waals surface area contributed by atoms with Gasteiger partial charge in [0.15, 0.2) is 0 Å². The molecule has 4 aromatic heterocycles. The molecule has 25 rings (SSSR count). The Morgan fingerprint density at radius 3 is 1.06 bits per heavy atom. The first kappa shape index (κ1) is 73.5. The van der Waals surface area contributed by atoms with Gasteiger partial charge >= 0.3 is 0 Å². The number of furan rings is 2. The van der Waals surface area contributed by atoms with Crippen molar-refractivity contribution in [3.05, 3.63) is 455 Å². The molecule has 7 heteroatoms. The molecule has 0 fully saturated rings. The Balaban J connectivity index is 0.464. The van der Waals surface area contributed by atoms with E-state index >= 15 is 0 Å². The quantitative estimate of drug-likeness (QED) is 0.0963. The molecule has 5 nitrogen and oxygen atoms in total. The van der Waals surface area contributed by atoms with Gasteiger partial charge < -0.3 is 23.5 Å². The number of hydrogen-bond acceptors (Lipinski definition) is 7. The normalized spacial score (nSPS) is 11.8. The van der Waals surface area contributed by atoms with Crippen molar-refractivity contribution in [3.8, 4) is 77.9 Å². The van der Waals surface area contributed by atoms with Crippen LogP contribution in [0.15, 0.2) is 464 Å². The maximum atomic E-state index is 6.62. The Morgan fingerprint density at radius 2 is 0.488 bits per heavy atom. The van der Waals surface area contributed by atoms with Crippen LogP contribution in [0.1, 0.15) is 0 Å². The molecule has 0 aliphatic rings. The molecule has 0 N–H and O–H groups in total. The topological polar surface area (TPSA) is 36.0 Å². The highest BCUT2D eigenvalue weighted by molar-refractivity contribution is 7.27. The third kappa shape index (κ3) is 13.0. The molecular weight excluding hydrogens is 1580 g/mol. The van der Waals surface area contributed by atoms with E-state index in [0.717, 1.165) is 128 Å². The maximum Gasteiger partial charge on any atom is 0.143 e. The van der Waals surface area contributed by atoms with E-state index < -0.39 is 0 Å². The molecule has 0 spiro atoms. The molecule has 0 atom stereocenters. The van der Waals surface area contributed by atoms with Crippen molar-refractivity contribution in [3.63, 3.8) is 0 Å². The molecule has 594 valence electrons. The van der Waals surface area contributed by atoms with Gasteiger partial charge in [-0.15, -0.1) is 22.7 Å². The van der Waals surface area contributed by atoms with Gasteiger partial charge in [0.05, 0.1) is 0 Å². The Labute approximate surface area is 741 Å². The van der Waals surface area contributed by atoms with Crippen LogP contribution in [0.5, 0.6) is 0 Å². The Bertz CT molecular complexity index is 8600. The van der Waals surface area contributed by atoms with Crippen LogP contribution in [0.25, 0.3) is 194 Å². The van der Waals surface area contributed by atoms with Crippen molar-refractivity contribution in [1.82, 2.24) is 0 Å². The summed E-state index contributed by atoms with van der Waals surface area (Å²) in [6.07, 6.45) is 0. The summed E-state index contributed by atoms with van der Waals surface area (Å²) >= 11 is 3.75. The molecule has 0 saturated carbocycles. The standard InChI is InChI=1S/C120H75N3O2S2/c1-4-16-76(17-5-1)77-30-32-78(33-31-77)81-44-53-94(54-45-81)122(96-58-67-115-110(73-96)105-62-48-85-18-10-11-25-101(85)118(105)125-115)95-55-46-82(47-56-95)79-34-36-84(37-35-79)87-19-14-20-88(70-87)89-49-61-102-90(71-89)50-63-107-111-74-98(59-68-116(111)126-119(102)107)121(91-21-6-2-7-22-91)93-51-42-83(43-52-93)80-38-40-86(41-39-80)100-27-15-28-106-103(100)64-65-108-112-75-99(60-69-117(112)127-120(106)108)123(92-23-8-3-9-24-92)97-57-66-114-109(72-97)104-26-12-13-29-113(104)124-114/h1-75H. The van der Waals surface area contributed by atoms with Gasteiger partial charge in [0.1, 0.15) is 22.3 Å². The maximum absolute atomic E-state index is 6.62. The van der Waals surface area contributed by atoms with Gasteiger partial charge in [-0.3, -0.25) is 0 Å². The summed E-state index contributed by atoms with van der Waals surface area (Å²) in [6.45, 7) is 0.